The van der Waals surface area contributed by atoms with E-state index in [1.54, 1.807) is 30.2 Å². The second-order valence-electron chi connectivity index (χ2n) is 6.16. The number of rotatable bonds is 5. The van der Waals surface area contributed by atoms with Gasteiger partial charge in [0.15, 0.2) is 0 Å². The summed E-state index contributed by atoms with van der Waals surface area (Å²) in [6.07, 6.45) is 1.45. The molecule has 1 amide bonds. The predicted octanol–water partition coefficient (Wildman–Crippen LogP) is 3.04. The first-order chi connectivity index (χ1) is 13.1. The third kappa shape index (κ3) is 3.73. The van der Waals surface area contributed by atoms with Crippen LogP contribution in [0.15, 0.2) is 48.7 Å². The molecule has 0 radical (unpaired) electrons. The van der Waals surface area contributed by atoms with E-state index in [-0.39, 0.29) is 12.0 Å². The fourth-order valence-corrected chi connectivity index (χ4v) is 2.92. The lowest BCUT2D eigenvalue weighted by molar-refractivity contribution is 0.0156. The van der Waals surface area contributed by atoms with Crippen LogP contribution in [-0.4, -0.2) is 52.3 Å². The molecule has 0 atom stereocenters. The number of carbonyl (C=O) groups excluding carboxylic acids is 1. The fourth-order valence-electron chi connectivity index (χ4n) is 2.81. The van der Waals surface area contributed by atoms with E-state index in [1.807, 2.05) is 24.3 Å². The van der Waals surface area contributed by atoms with Crippen LogP contribution in [0.5, 0.6) is 11.6 Å². The number of benzene rings is 1. The van der Waals surface area contributed by atoms with Crippen molar-refractivity contribution >= 4 is 17.5 Å². The molecule has 2 aromatic heterocycles. The minimum atomic E-state index is -0.111. The van der Waals surface area contributed by atoms with Crippen molar-refractivity contribution in [2.45, 2.75) is 6.10 Å². The Morgan fingerprint density at radius 3 is 2.85 bits per heavy atom. The van der Waals surface area contributed by atoms with Crippen LogP contribution in [0.25, 0.3) is 11.3 Å². The van der Waals surface area contributed by atoms with E-state index in [2.05, 4.69) is 15.2 Å². The van der Waals surface area contributed by atoms with Crippen molar-refractivity contribution in [2.24, 2.45) is 0 Å². The zero-order valence-electron chi connectivity index (χ0n) is 14.6. The smallest absolute Gasteiger partial charge is 0.272 e. The van der Waals surface area contributed by atoms with Gasteiger partial charge in [-0.15, -0.1) is 0 Å². The number of aromatic nitrogens is 3. The minimum absolute atomic E-state index is 0.0802. The van der Waals surface area contributed by atoms with Gasteiger partial charge in [0.25, 0.3) is 5.91 Å². The highest BCUT2D eigenvalue weighted by molar-refractivity contribution is 6.30. The number of hydrogen-bond donors (Lipinski definition) is 1. The van der Waals surface area contributed by atoms with Gasteiger partial charge in [0, 0.05) is 17.8 Å². The van der Waals surface area contributed by atoms with E-state index in [1.165, 1.54) is 6.20 Å². The zero-order chi connectivity index (χ0) is 18.8. The van der Waals surface area contributed by atoms with Gasteiger partial charge in [0.1, 0.15) is 17.5 Å². The Labute approximate surface area is 160 Å². The number of methoxy groups -OCH3 is 1. The molecule has 1 N–H and O–H groups in total. The molecular weight excluding hydrogens is 368 g/mol. The van der Waals surface area contributed by atoms with Crippen LogP contribution in [0.4, 0.5) is 0 Å². The predicted molar refractivity (Wildman–Crippen MR) is 100 cm³/mol. The molecule has 27 heavy (non-hydrogen) atoms. The van der Waals surface area contributed by atoms with Crippen molar-refractivity contribution in [3.63, 3.8) is 0 Å². The van der Waals surface area contributed by atoms with Crippen molar-refractivity contribution < 1.29 is 14.3 Å². The normalized spacial score (nSPS) is 13.9. The molecule has 1 saturated heterocycles. The molecule has 0 bridgehead atoms. The van der Waals surface area contributed by atoms with Crippen molar-refractivity contribution in [3.05, 3.63) is 59.4 Å². The standard InChI is InChI=1S/C19H17ClN4O3/c1-26-14-4-2-3-12(7-14)16-8-17(23-22-16)19(25)24-10-15(11-24)27-18-6-5-13(20)9-21-18/h2-9,15H,10-11H2,1H3,(H,22,23). The highest BCUT2D eigenvalue weighted by Crippen LogP contribution is 2.24. The van der Waals surface area contributed by atoms with Gasteiger partial charge in [0.2, 0.25) is 5.88 Å². The van der Waals surface area contributed by atoms with E-state index < -0.39 is 0 Å². The quantitative estimate of drug-likeness (QED) is 0.731. The largest absolute Gasteiger partial charge is 0.497 e. The molecule has 1 aliphatic heterocycles. The van der Waals surface area contributed by atoms with E-state index in [4.69, 9.17) is 21.1 Å². The maximum absolute atomic E-state index is 12.6. The molecule has 1 fully saturated rings. The monoisotopic (exact) mass is 384 g/mol. The molecule has 0 spiro atoms. The number of likely N-dealkylation sites (tertiary alicyclic amines) is 1. The van der Waals surface area contributed by atoms with E-state index in [0.717, 1.165) is 11.3 Å². The molecule has 0 unspecified atom stereocenters. The van der Waals surface area contributed by atoms with Crippen molar-refractivity contribution in [1.29, 1.82) is 0 Å². The average molecular weight is 385 g/mol. The molecule has 1 aromatic carbocycles. The summed E-state index contributed by atoms with van der Waals surface area (Å²) in [6.45, 7) is 0.993. The summed E-state index contributed by atoms with van der Waals surface area (Å²) >= 11 is 5.80. The van der Waals surface area contributed by atoms with Gasteiger partial charge in [-0.1, -0.05) is 23.7 Å². The SMILES string of the molecule is COc1cccc(-c2cc(C(=O)N3CC(Oc4ccc(Cl)cn4)C3)[nH]n2)c1. The Bertz CT molecular complexity index is 952. The number of halogens is 1. The Kier molecular flexibility index (Phi) is 4.68. The number of aromatic amines is 1. The zero-order valence-corrected chi connectivity index (χ0v) is 15.3. The van der Waals surface area contributed by atoms with Gasteiger partial charge >= 0.3 is 0 Å². The van der Waals surface area contributed by atoms with E-state index in [0.29, 0.717) is 35.4 Å². The average Bonchev–Trinajstić information content (AvgIpc) is 3.16. The number of ether oxygens (including phenoxy) is 2. The second kappa shape index (κ2) is 7.28. The molecule has 138 valence electrons. The molecule has 3 aromatic rings. The Morgan fingerprint density at radius 2 is 2.11 bits per heavy atom. The third-order valence-electron chi connectivity index (χ3n) is 4.30. The Hall–Kier alpha value is -3.06. The van der Waals surface area contributed by atoms with Crippen LogP contribution in [0, 0.1) is 0 Å². The van der Waals surface area contributed by atoms with Gasteiger partial charge in [-0.05, 0) is 24.3 Å². The molecule has 7 nitrogen and oxygen atoms in total. The number of pyridine rings is 1. The lowest BCUT2D eigenvalue weighted by Gasteiger charge is -2.38. The number of nitrogens with zero attached hydrogens (tertiary/aromatic N) is 3. The van der Waals surface area contributed by atoms with Crippen LogP contribution in [-0.2, 0) is 0 Å². The van der Waals surface area contributed by atoms with E-state index >= 15 is 0 Å². The van der Waals surface area contributed by atoms with Gasteiger partial charge in [-0.2, -0.15) is 5.10 Å². The summed E-state index contributed by atoms with van der Waals surface area (Å²) in [4.78, 5) is 18.4. The Morgan fingerprint density at radius 1 is 1.26 bits per heavy atom. The summed E-state index contributed by atoms with van der Waals surface area (Å²) < 4.78 is 10.9. The molecular formula is C19H17ClN4O3. The number of H-pyrrole nitrogens is 1. The van der Waals surface area contributed by atoms with E-state index in [9.17, 15) is 4.79 Å². The molecule has 0 aliphatic carbocycles. The van der Waals surface area contributed by atoms with Crippen LogP contribution >= 0.6 is 11.6 Å². The van der Waals surface area contributed by atoms with Crippen LogP contribution in [0.2, 0.25) is 5.02 Å². The summed E-state index contributed by atoms with van der Waals surface area (Å²) in [5, 5.41) is 7.60. The van der Waals surface area contributed by atoms with Gasteiger partial charge in [-0.3, -0.25) is 9.89 Å². The van der Waals surface area contributed by atoms with Crippen LogP contribution < -0.4 is 9.47 Å². The van der Waals surface area contributed by atoms with Crippen molar-refractivity contribution in [1.82, 2.24) is 20.1 Å². The number of nitrogens with one attached hydrogen (secondary N) is 1. The highest BCUT2D eigenvalue weighted by Gasteiger charge is 2.34. The van der Waals surface area contributed by atoms with Gasteiger partial charge < -0.3 is 14.4 Å². The summed E-state index contributed by atoms with van der Waals surface area (Å²) in [6, 6.07) is 12.7. The minimum Gasteiger partial charge on any atom is -0.497 e. The lowest BCUT2D eigenvalue weighted by Crippen LogP contribution is -2.56. The first kappa shape index (κ1) is 17.4. The molecule has 0 saturated carbocycles. The molecule has 3 heterocycles. The summed E-state index contributed by atoms with van der Waals surface area (Å²) in [5.74, 6) is 1.13. The summed E-state index contributed by atoms with van der Waals surface area (Å²) in [5.41, 5.74) is 2.01. The number of hydrogen-bond acceptors (Lipinski definition) is 5. The van der Waals surface area contributed by atoms with Crippen LogP contribution in [0.1, 0.15) is 10.5 Å². The lowest BCUT2D eigenvalue weighted by atomic mass is 10.1. The topological polar surface area (TPSA) is 80.3 Å². The Balaban J connectivity index is 1.37. The summed E-state index contributed by atoms with van der Waals surface area (Å²) in [7, 11) is 1.61. The van der Waals surface area contributed by atoms with Crippen molar-refractivity contribution in [2.75, 3.05) is 20.2 Å². The molecule has 8 heteroatoms. The number of carbonyl (C=O) groups is 1. The van der Waals surface area contributed by atoms with Gasteiger partial charge in [-0.25, -0.2) is 4.98 Å². The second-order valence-corrected chi connectivity index (χ2v) is 6.60. The first-order valence-electron chi connectivity index (χ1n) is 8.39. The number of amides is 1. The van der Waals surface area contributed by atoms with Gasteiger partial charge in [0.05, 0.1) is 30.9 Å². The maximum Gasteiger partial charge on any atom is 0.272 e. The fraction of sp³-hybridized carbons (Fsp3) is 0.211. The molecule has 4 rings (SSSR count). The van der Waals surface area contributed by atoms with Crippen molar-refractivity contribution in [3.8, 4) is 22.9 Å². The van der Waals surface area contributed by atoms with Crippen LogP contribution in [0.3, 0.4) is 0 Å². The molecule has 1 aliphatic rings. The highest BCUT2D eigenvalue weighted by atomic mass is 35.5. The maximum atomic E-state index is 12.6. The first-order valence-corrected chi connectivity index (χ1v) is 8.77. The third-order valence-corrected chi connectivity index (χ3v) is 4.52.